The van der Waals surface area contributed by atoms with Gasteiger partial charge in [0.25, 0.3) is 0 Å². The normalized spacial score (nSPS) is 20.4. The summed E-state index contributed by atoms with van der Waals surface area (Å²) in [5.41, 5.74) is 5.38. The van der Waals surface area contributed by atoms with E-state index in [9.17, 15) is 4.79 Å². The van der Waals surface area contributed by atoms with Crippen LogP contribution < -0.4 is 16.4 Å². The molecule has 0 aliphatic carbocycles. The van der Waals surface area contributed by atoms with Gasteiger partial charge in [0.15, 0.2) is 5.82 Å². The monoisotopic (exact) mass is 210 g/mol. The molecule has 1 unspecified atom stereocenters. The van der Waals surface area contributed by atoms with Crippen molar-refractivity contribution < 1.29 is 4.79 Å². The van der Waals surface area contributed by atoms with E-state index in [1.165, 1.54) is 11.0 Å². The number of nitrogens with zero attached hydrogens (tertiary/aromatic N) is 3. The van der Waals surface area contributed by atoms with Crippen LogP contribution in [-0.4, -0.2) is 40.0 Å². The molecular formula is C8H14N6O. The summed E-state index contributed by atoms with van der Waals surface area (Å²) in [6, 6.07) is 0.227. The Morgan fingerprint density at radius 2 is 2.67 bits per heavy atom. The molecule has 0 spiro atoms. The van der Waals surface area contributed by atoms with Crippen molar-refractivity contribution in [3.63, 3.8) is 0 Å². The van der Waals surface area contributed by atoms with Gasteiger partial charge in [-0.1, -0.05) is 0 Å². The molecule has 7 heteroatoms. The van der Waals surface area contributed by atoms with Gasteiger partial charge in [0, 0.05) is 12.6 Å². The fraction of sp³-hybridized carbons (Fsp3) is 0.625. The fourth-order valence-corrected chi connectivity index (χ4v) is 1.57. The zero-order valence-corrected chi connectivity index (χ0v) is 8.31. The van der Waals surface area contributed by atoms with Crippen molar-refractivity contribution in [2.24, 2.45) is 0 Å². The Kier molecular flexibility index (Phi) is 2.82. The Bertz CT molecular complexity index is 343. The molecule has 15 heavy (non-hydrogen) atoms. The number of carbonyl (C=O) groups excluding carboxylic acids is 1. The number of nitrogens with two attached hydrogens (primary N) is 1. The Morgan fingerprint density at radius 3 is 3.27 bits per heavy atom. The highest BCUT2D eigenvalue weighted by Gasteiger charge is 2.16. The minimum absolute atomic E-state index is 0.0840. The van der Waals surface area contributed by atoms with Gasteiger partial charge in [0.1, 0.15) is 6.54 Å². The third-order valence-electron chi connectivity index (χ3n) is 2.26. The van der Waals surface area contributed by atoms with Crippen LogP contribution in [-0.2, 0) is 11.3 Å². The van der Waals surface area contributed by atoms with Crippen LogP contribution in [0, 0.1) is 0 Å². The second-order valence-electron chi connectivity index (χ2n) is 3.56. The molecule has 2 heterocycles. The lowest BCUT2D eigenvalue weighted by atomic mass is 10.2. The van der Waals surface area contributed by atoms with Crippen molar-refractivity contribution >= 4 is 11.7 Å². The van der Waals surface area contributed by atoms with Crippen molar-refractivity contribution in [2.45, 2.75) is 19.0 Å². The highest BCUT2D eigenvalue weighted by molar-refractivity contribution is 5.75. The van der Waals surface area contributed by atoms with E-state index >= 15 is 0 Å². The van der Waals surface area contributed by atoms with Crippen molar-refractivity contribution in [1.82, 2.24) is 25.6 Å². The van der Waals surface area contributed by atoms with Crippen LogP contribution >= 0.6 is 0 Å². The lowest BCUT2D eigenvalue weighted by molar-refractivity contribution is -0.122. The van der Waals surface area contributed by atoms with E-state index in [1.807, 2.05) is 0 Å². The van der Waals surface area contributed by atoms with E-state index in [0.29, 0.717) is 5.82 Å². The SMILES string of the molecule is Nc1cnn(CC(=O)NC2CCNC2)n1. The maximum atomic E-state index is 11.5. The Hall–Kier alpha value is -1.63. The minimum atomic E-state index is -0.0840. The molecular weight excluding hydrogens is 196 g/mol. The second-order valence-corrected chi connectivity index (χ2v) is 3.56. The van der Waals surface area contributed by atoms with Crippen LogP contribution in [0.1, 0.15) is 6.42 Å². The van der Waals surface area contributed by atoms with Crippen molar-refractivity contribution in [2.75, 3.05) is 18.8 Å². The summed E-state index contributed by atoms with van der Waals surface area (Å²) in [6.45, 7) is 1.91. The molecule has 4 N–H and O–H groups in total. The Morgan fingerprint density at radius 1 is 1.80 bits per heavy atom. The summed E-state index contributed by atoms with van der Waals surface area (Å²) in [4.78, 5) is 12.8. The number of hydrogen-bond acceptors (Lipinski definition) is 5. The molecule has 0 radical (unpaired) electrons. The van der Waals surface area contributed by atoms with E-state index in [4.69, 9.17) is 5.73 Å². The molecule has 1 aliphatic heterocycles. The van der Waals surface area contributed by atoms with Gasteiger partial charge in [-0.15, -0.1) is 5.10 Å². The number of nitrogens with one attached hydrogen (secondary N) is 2. The van der Waals surface area contributed by atoms with Crippen LogP contribution in [0.25, 0.3) is 0 Å². The Balaban J connectivity index is 1.81. The van der Waals surface area contributed by atoms with Gasteiger partial charge in [-0.25, -0.2) is 0 Å². The lowest BCUT2D eigenvalue weighted by Gasteiger charge is -2.10. The molecule has 7 nitrogen and oxygen atoms in total. The molecule has 1 saturated heterocycles. The first kappa shape index (κ1) is 9.91. The molecule has 1 amide bonds. The summed E-state index contributed by atoms with van der Waals surface area (Å²) in [6.07, 6.45) is 2.39. The van der Waals surface area contributed by atoms with Crippen molar-refractivity contribution in [3.05, 3.63) is 6.20 Å². The van der Waals surface area contributed by atoms with Gasteiger partial charge in [0.2, 0.25) is 5.91 Å². The van der Waals surface area contributed by atoms with Crippen molar-refractivity contribution in [1.29, 1.82) is 0 Å². The van der Waals surface area contributed by atoms with Crippen LogP contribution in [0.4, 0.5) is 5.82 Å². The van der Waals surface area contributed by atoms with E-state index < -0.39 is 0 Å². The zero-order chi connectivity index (χ0) is 10.7. The second kappa shape index (κ2) is 4.26. The minimum Gasteiger partial charge on any atom is -0.381 e. The standard InChI is InChI=1S/C8H14N6O/c9-7-4-11-14(13-7)5-8(15)12-6-1-2-10-3-6/h4,6,10H,1-3,5H2,(H2,9,13)(H,12,15). The van der Waals surface area contributed by atoms with Crippen molar-refractivity contribution in [3.8, 4) is 0 Å². The van der Waals surface area contributed by atoms with E-state index in [0.717, 1.165) is 19.5 Å². The summed E-state index contributed by atoms with van der Waals surface area (Å²) in [5, 5.41) is 13.7. The topological polar surface area (TPSA) is 97.9 Å². The van der Waals surface area contributed by atoms with E-state index in [-0.39, 0.29) is 18.5 Å². The molecule has 2 rings (SSSR count). The predicted octanol–water partition coefficient (Wildman–Crippen LogP) is -1.66. The highest BCUT2D eigenvalue weighted by Crippen LogP contribution is 1.97. The molecule has 1 fully saturated rings. The van der Waals surface area contributed by atoms with E-state index in [1.54, 1.807) is 0 Å². The maximum Gasteiger partial charge on any atom is 0.243 e. The molecule has 1 aliphatic rings. The number of anilines is 1. The Labute approximate surface area is 87.0 Å². The average Bonchev–Trinajstić information content (AvgIpc) is 2.77. The fourth-order valence-electron chi connectivity index (χ4n) is 1.57. The van der Waals surface area contributed by atoms with Gasteiger partial charge in [-0.05, 0) is 13.0 Å². The number of aromatic nitrogens is 3. The van der Waals surface area contributed by atoms with Crippen LogP contribution in [0.5, 0.6) is 0 Å². The first-order chi connectivity index (χ1) is 7.24. The maximum absolute atomic E-state index is 11.5. The van der Waals surface area contributed by atoms with Gasteiger partial charge in [-0.3, -0.25) is 4.79 Å². The summed E-state index contributed by atoms with van der Waals surface area (Å²) in [7, 11) is 0. The summed E-state index contributed by atoms with van der Waals surface area (Å²) < 4.78 is 0. The molecule has 0 saturated carbocycles. The van der Waals surface area contributed by atoms with Gasteiger partial charge in [-0.2, -0.15) is 9.90 Å². The van der Waals surface area contributed by atoms with Gasteiger partial charge in [0.05, 0.1) is 6.20 Å². The molecule has 0 bridgehead atoms. The summed E-state index contributed by atoms with van der Waals surface area (Å²) >= 11 is 0. The van der Waals surface area contributed by atoms with E-state index in [2.05, 4.69) is 20.8 Å². The number of carbonyl (C=O) groups is 1. The number of hydrogen-bond donors (Lipinski definition) is 3. The summed E-state index contributed by atoms with van der Waals surface area (Å²) in [5.74, 6) is 0.240. The van der Waals surface area contributed by atoms with Gasteiger partial charge >= 0.3 is 0 Å². The first-order valence-electron chi connectivity index (χ1n) is 4.90. The predicted molar refractivity (Wildman–Crippen MR) is 53.9 cm³/mol. The number of nitrogen functional groups attached to an aromatic ring is 1. The average molecular weight is 210 g/mol. The molecule has 0 aromatic carbocycles. The smallest absolute Gasteiger partial charge is 0.243 e. The quantitative estimate of drug-likeness (QED) is 0.554. The first-order valence-corrected chi connectivity index (χ1v) is 4.90. The third kappa shape index (κ3) is 2.66. The number of rotatable bonds is 3. The number of amides is 1. The third-order valence-corrected chi connectivity index (χ3v) is 2.26. The highest BCUT2D eigenvalue weighted by atomic mass is 16.2. The van der Waals surface area contributed by atoms with Crippen LogP contribution in [0.2, 0.25) is 0 Å². The van der Waals surface area contributed by atoms with Crippen LogP contribution in [0.15, 0.2) is 6.20 Å². The molecule has 82 valence electrons. The molecule has 1 atom stereocenters. The van der Waals surface area contributed by atoms with Crippen LogP contribution in [0.3, 0.4) is 0 Å². The van der Waals surface area contributed by atoms with Gasteiger partial charge < -0.3 is 16.4 Å². The lowest BCUT2D eigenvalue weighted by Crippen LogP contribution is -2.38. The molecule has 1 aromatic rings. The largest absolute Gasteiger partial charge is 0.381 e. The molecule has 1 aromatic heterocycles. The zero-order valence-electron chi connectivity index (χ0n) is 8.31.